The van der Waals surface area contributed by atoms with Crippen molar-refractivity contribution in [1.29, 1.82) is 0 Å². The first-order valence-electron chi connectivity index (χ1n) is 5.66. The van der Waals surface area contributed by atoms with Crippen molar-refractivity contribution in [3.8, 4) is 11.5 Å². The van der Waals surface area contributed by atoms with E-state index in [4.69, 9.17) is 31.3 Å². The van der Waals surface area contributed by atoms with Crippen molar-refractivity contribution in [3.05, 3.63) is 22.7 Å². The van der Waals surface area contributed by atoms with E-state index in [0.717, 1.165) is 0 Å². The molecule has 0 saturated carbocycles. The third-order valence-corrected chi connectivity index (χ3v) is 2.91. The molecular weight excluding hydrogens is 288 g/mol. The number of carbonyl (C=O) groups is 2. The fraction of sp³-hybridized carbons (Fsp3) is 0.385. The number of carboxylic acids is 2. The molecule has 0 bridgehead atoms. The topological polar surface area (TPSA) is 93.1 Å². The molecule has 0 amide bonds. The van der Waals surface area contributed by atoms with E-state index in [-0.39, 0.29) is 28.7 Å². The maximum atomic E-state index is 11.0. The molecule has 1 aromatic rings. The Morgan fingerprint density at radius 2 is 1.90 bits per heavy atom. The lowest BCUT2D eigenvalue weighted by Gasteiger charge is -2.21. The Labute approximate surface area is 120 Å². The van der Waals surface area contributed by atoms with Gasteiger partial charge in [0.2, 0.25) is 0 Å². The average Bonchev–Trinajstić information content (AvgIpc) is 2.35. The minimum Gasteiger partial charge on any atom is -0.493 e. The lowest BCUT2D eigenvalue weighted by atomic mass is 9.95. The molecule has 0 radical (unpaired) electrons. The number of hydrogen-bond acceptors (Lipinski definition) is 4. The van der Waals surface area contributed by atoms with E-state index < -0.39 is 17.4 Å². The van der Waals surface area contributed by atoms with E-state index in [1.165, 1.54) is 33.1 Å². The molecule has 0 unspecified atom stereocenters. The Kier molecular flexibility index (Phi) is 4.83. The van der Waals surface area contributed by atoms with Crippen LogP contribution in [0.25, 0.3) is 0 Å². The molecule has 20 heavy (non-hydrogen) atoms. The number of halogens is 1. The van der Waals surface area contributed by atoms with Gasteiger partial charge >= 0.3 is 11.9 Å². The quantitative estimate of drug-likeness (QED) is 0.839. The van der Waals surface area contributed by atoms with Crippen molar-refractivity contribution in [2.45, 2.75) is 13.8 Å². The normalized spacial score (nSPS) is 11.0. The first-order valence-corrected chi connectivity index (χ1v) is 6.04. The second-order valence-electron chi connectivity index (χ2n) is 4.77. The summed E-state index contributed by atoms with van der Waals surface area (Å²) in [5.41, 5.74) is -1.16. The molecule has 0 aliphatic heterocycles. The number of hydrogen-bond donors (Lipinski definition) is 2. The average molecular weight is 303 g/mol. The van der Waals surface area contributed by atoms with Crippen LogP contribution in [0, 0.1) is 5.41 Å². The number of ether oxygens (including phenoxy) is 2. The van der Waals surface area contributed by atoms with Crippen LogP contribution in [0.15, 0.2) is 12.1 Å². The van der Waals surface area contributed by atoms with Gasteiger partial charge in [-0.25, -0.2) is 4.79 Å². The maximum absolute atomic E-state index is 11.0. The molecular formula is C13H15ClO6. The van der Waals surface area contributed by atoms with Gasteiger partial charge < -0.3 is 19.7 Å². The van der Waals surface area contributed by atoms with E-state index in [1.54, 1.807) is 0 Å². The van der Waals surface area contributed by atoms with Crippen LogP contribution in [0.1, 0.15) is 24.2 Å². The van der Waals surface area contributed by atoms with Gasteiger partial charge in [-0.1, -0.05) is 11.6 Å². The summed E-state index contributed by atoms with van der Waals surface area (Å²) in [5.74, 6) is -1.91. The number of aromatic carboxylic acids is 1. The molecule has 0 heterocycles. The second kappa shape index (κ2) is 6.00. The molecule has 7 heteroatoms. The molecule has 2 N–H and O–H groups in total. The first kappa shape index (κ1) is 16.1. The van der Waals surface area contributed by atoms with Crippen molar-refractivity contribution in [2.24, 2.45) is 5.41 Å². The van der Waals surface area contributed by atoms with E-state index in [2.05, 4.69) is 0 Å². The van der Waals surface area contributed by atoms with E-state index in [1.807, 2.05) is 0 Å². The van der Waals surface area contributed by atoms with E-state index >= 15 is 0 Å². The lowest BCUT2D eigenvalue weighted by Crippen LogP contribution is -2.30. The molecule has 0 spiro atoms. The summed E-state index contributed by atoms with van der Waals surface area (Å²) in [4.78, 5) is 21.9. The van der Waals surface area contributed by atoms with Crippen LogP contribution in [0.4, 0.5) is 0 Å². The monoisotopic (exact) mass is 302 g/mol. The fourth-order valence-corrected chi connectivity index (χ4v) is 1.56. The largest absolute Gasteiger partial charge is 0.493 e. The minimum absolute atomic E-state index is 0.0444. The zero-order chi connectivity index (χ0) is 15.5. The lowest BCUT2D eigenvalue weighted by molar-refractivity contribution is -0.148. The first-order chi connectivity index (χ1) is 9.19. The highest BCUT2D eigenvalue weighted by Gasteiger charge is 2.29. The molecule has 0 saturated heterocycles. The molecule has 6 nitrogen and oxygen atoms in total. The molecule has 110 valence electrons. The zero-order valence-electron chi connectivity index (χ0n) is 11.3. The van der Waals surface area contributed by atoms with Gasteiger partial charge in [-0.05, 0) is 26.0 Å². The van der Waals surface area contributed by atoms with Gasteiger partial charge in [0.1, 0.15) is 6.61 Å². The Morgan fingerprint density at radius 3 is 2.35 bits per heavy atom. The Hall–Kier alpha value is -1.95. The van der Waals surface area contributed by atoms with Crippen LogP contribution in [-0.2, 0) is 4.79 Å². The molecule has 0 atom stereocenters. The number of rotatable bonds is 6. The minimum atomic E-state index is -1.15. The van der Waals surface area contributed by atoms with Crippen molar-refractivity contribution < 1.29 is 29.3 Å². The third kappa shape index (κ3) is 3.54. The molecule has 0 aromatic heterocycles. The fourth-order valence-electron chi connectivity index (χ4n) is 1.30. The Bertz CT molecular complexity index is 538. The van der Waals surface area contributed by atoms with Gasteiger partial charge in [-0.15, -0.1) is 0 Å². The van der Waals surface area contributed by atoms with Gasteiger partial charge in [0, 0.05) is 0 Å². The van der Waals surface area contributed by atoms with Gasteiger partial charge in [0.25, 0.3) is 0 Å². The van der Waals surface area contributed by atoms with Crippen molar-refractivity contribution in [2.75, 3.05) is 13.7 Å². The van der Waals surface area contributed by atoms with Crippen LogP contribution in [0.2, 0.25) is 5.02 Å². The van der Waals surface area contributed by atoms with Crippen LogP contribution in [0.5, 0.6) is 11.5 Å². The highest BCUT2D eigenvalue weighted by Crippen LogP contribution is 2.37. The van der Waals surface area contributed by atoms with Crippen LogP contribution in [0.3, 0.4) is 0 Å². The standard InChI is InChI=1S/C13H15ClO6/c1-13(2,12(17)18)6-20-10-8(14)4-7(11(15)16)5-9(10)19-3/h4-5H,6H2,1-3H3,(H,15,16)(H,17,18). The number of carboxylic acid groups (broad SMARTS) is 2. The SMILES string of the molecule is COc1cc(C(=O)O)cc(Cl)c1OCC(C)(C)C(=O)O. The van der Waals surface area contributed by atoms with Gasteiger partial charge in [-0.3, -0.25) is 4.79 Å². The van der Waals surface area contributed by atoms with Gasteiger partial charge in [-0.2, -0.15) is 0 Å². The molecule has 1 aromatic carbocycles. The van der Waals surface area contributed by atoms with E-state index in [0.29, 0.717) is 0 Å². The summed E-state index contributed by atoms with van der Waals surface area (Å²) < 4.78 is 10.4. The van der Waals surface area contributed by atoms with Crippen molar-refractivity contribution in [3.63, 3.8) is 0 Å². The van der Waals surface area contributed by atoms with Crippen LogP contribution >= 0.6 is 11.6 Å². The van der Waals surface area contributed by atoms with Gasteiger partial charge in [0.05, 0.1) is 23.1 Å². The molecule has 0 aliphatic carbocycles. The summed E-state index contributed by atoms with van der Waals surface area (Å²) in [5, 5.41) is 18.0. The molecule has 1 rings (SSSR count). The van der Waals surface area contributed by atoms with Crippen molar-refractivity contribution in [1.82, 2.24) is 0 Å². The van der Waals surface area contributed by atoms with Crippen LogP contribution < -0.4 is 9.47 Å². The molecule has 0 fully saturated rings. The Morgan fingerprint density at radius 1 is 1.30 bits per heavy atom. The highest BCUT2D eigenvalue weighted by molar-refractivity contribution is 6.32. The summed E-state index contributed by atoms with van der Waals surface area (Å²) in [6.07, 6.45) is 0. The number of methoxy groups -OCH3 is 1. The number of aliphatic carboxylic acids is 1. The second-order valence-corrected chi connectivity index (χ2v) is 5.18. The predicted octanol–water partition coefficient (Wildman–Crippen LogP) is 2.54. The molecule has 0 aliphatic rings. The highest BCUT2D eigenvalue weighted by atomic mass is 35.5. The summed E-state index contributed by atoms with van der Waals surface area (Å²) in [6, 6.07) is 2.48. The van der Waals surface area contributed by atoms with E-state index in [9.17, 15) is 9.59 Å². The maximum Gasteiger partial charge on any atom is 0.335 e. The van der Waals surface area contributed by atoms with Crippen LogP contribution in [-0.4, -0.2) is 35.9 Å². The number of benzene rings is 1. The zero-order valence-corrected chi connectivity index (χ0v) is 12.0. The predicted molar refractivity (Wildman–Crippen MR) is 71.9 cm³/mol. The Balaban J connectivity index is 3.07. The summed E-state index contributed by atoms with van der Waals surface area (Å²) in [6.45, 7) is 2.87. The third-order valence-electron chi connectivity index (χ3n) is 2.63. The summed E-state index contributed by atoms with van der Waals surface area (Å²) in [7, 11) is 1.34. The summed E-state index contributed by atoms with van der Waals surface area (Å²) >= 11 is 5.95. The van der Waals surface area contributed by atoms with Gasteiger partial charge in [0.15, 0.2) is 11.5 Å². The smallest absolute Gasteiger partial charge is 0.335 e. The van der Waals surface area contributed by atoms with Crippen molar-refractivity contribution >= 4 is 23.5 Å².